The topological polar surface area (TPSA) is 33.2 Å². The van der Waals surface area contributed by atoms with Crippen molar-refractivity contribution in [1.82, 2.24) is 0 Å². The van der Waals surface area contributed by atoms with Crippen LogP contribution in [0.3, 0.4) is 0 Å². The number of nitrogens with two attached hydrogens (primary N) is 2. The van der Waals surface area contributed by atoms with Crippen molar-refractivity contribution in [2.24, 2.45) is 0 Å². The summed E-state index contributed by atoms with van der Waals surface area (Å²) in [6, 6.07) is 5.40. The maximum absolute atomic E-state index is 2.51. The summed E-state index contributed by atoms with van der Waals surface area (Å²) in [5, 5.41) is 4.96. The van der Waals surface area contributed by atoms with Crippen LogP contribution in [0.2, 0.25) is 0 Å². The largest absolute Gasteiger partial charge is 0.337 e. The molecule has 0 aromatic heterocycles. The Bertz CT molecular complexity index is 342. The molecular formula is C14H24N2+2. The van der Waals surface area contributed by atoms with Crippen LogP contribution in [0.15, 0.2) is 12.1 Å². The predicted octanol–water partition coefficient (Wildman–Crippen LogP) is -0.337. The normalized spacial score (nSPS) is 21.1. The summed E-state index contributed by atoms with van der Waals surface area (Å²) in [7, 11) is 0. The Kier molecular flexibility index (Phi) is 3.62. The van der Waals surface area contributed by atoms with Crippen LogP contribution >= 0.6 is 0 Å². The Labute approximate surface area is 98.4 Å². The van der Waals surface area contributed by atoms with Crippen LogP contribution in [0, 0.1) is 20.8 Å². The van der Waals surface area contributed by atoms with Gasteiger partial charge in [0.15, 0.2) is 0 Å². The minimum Gasteiger partial charge on any atom is -0.337 e. The summed E-state index contributed by atoms with van der Waals surface area (Å²) in [5.41, 5.74) is 5.90. The molecule has 4 N–H and O–H groups in total. The second kappa shape index (κ2) is 4.98. The van der Waals surface area contributed by atoms with Crippen LogP contribution in [0.1, 0.15) is 22.3 Å². The van der Waals surface area contributed by atoms with E-state index in [0.717, 1.165) is 6.04 Å². The van der Waals surface area contributed by atoms with E-state index in [4.69, 9.17) is 0 Å². The number of benzene rings is 1. The number of quaternary nitrogens is 2. The zero-order chi connectivity index (χ0) is 11.5. The Balaban J connectivity index is 2.14. The lowest BCUT2D eigenvalue weighted by Gasteiger charge is -2.20. The van der Waals surface area contributed by atoms with Gasteiger partial charge in [-0.05, 0) is 37.5 Å². The predicted molar refractivity (Wildman–Crippen MR) is 66.6 cm³/mol. The van der Waals surface area contributed by atoms with Gasteiger partial charge in [-0.2, -0.15) is 0 Å². The molecule has 0 unspecified atom stereocenters. The van der Waals surface area contributed by atoms with Crippen molar-refractivity contribution in [2.75, 3.05) is 19.6 Å². The molecule has 1 aromatic carbocycles. The van der Waals surface area contributed by atoms with E-state index in [1.807, 2.05) is 0 Å². The second-order valence-electron chi connectivity index (χ2n) is 5.18. The molecule has 1 fully saturated rings. The van der Waals surface area contributed by atoms with Gasteiger partial charge in [-0.15, -0.1) is 0 Å². The Morgan fingerprint density at radius 3 is 2.38 bits per heavy atom. The lowest BCUT2D eigenvalue weighted by Crippen LogP contribution is -3.08. The van der Waals surface area contributed by atoms with Crippen molar-refractivity contribution in [3.63, 3.8) is 0 Å². The van der Waals surface area contributed by atoms with Crippen LogP contribution in [0.5, 0.6) is 0 Å². The van der Waals surface area contributed by atoms with Crippen molar-refractivity contribution in [3.05, 3.63) is 34.4 Å². The van der Waals surface area contributed by atoms with Gasteiger partial charge in [-0.3, -0.25) is 0 Å². The second-order valence-corrected chi connectivity index (χ2v) is 5.18. The highest BCUT2D eigenvalue weighted by Gasteiger charge is 2.20. The number of rotatable bonds is 2. The molecule has 2 rings (SSSR count). The molecule has 1 atom stereocenters. The molecule has 16 heavy (non-hydrogen) atoms. The number of piperazine rings is 1. The first-order chi connectivity index (χ1) is 7.66. The molecule has 1 aliphatic heterocycles. The molecule has 0 saturated carbocycles. The van der Waals surface area contributed by atoms with Gasteiger partial charge in [0.25, 0.3) is 0 Å². The summed E-state index contributed by atoms with van der Waals surface area (Å²) in [4.78, 5) is 0. The zero-order valence-corrected chi connectivity index (χ0v) is 10.7. The average molecular weight is 220 g/mol. The van der Waals surface area contributed by atoms with Gasteiger partial charge in [-0.1, -0.05) is 17.7 Å². The van der Waals surface area contributed by atoms with Gasteiger partial charge in [0.05, 0.1) is 0 Å². The smallest absolute Gasteiger partial charge is 0.140 e. The molecule has 2 heteroatoms. The molecule has 0 radical (unpaired) electrons. The third-order valence-electron chi connectivity index (χ3n) is 3.65. The SMILES string of the molecule is Cc1cc(C)c(C[C@H]2C[NH2+]CC[NH2+]2)c(C)c1. The Morgan fingerprint density at radius 1 is 1.12 bits per heavy atom. The molecule has 1 heterocycles. The number of hydrogen-bond acceptors (Lipinski definition) is 0. The summed E-state index contributed by atoms with van der Waals surface area (Å²) < 4.78 is 0. The van der Waals surface area contributed by atoms with Crippen molar-refractivity contribution in [3.8, 4) is 0 Å². The molecule has 88 valence electrons. The molecule has 1 aliphatic rings. The standard InChI is InChI=1S/C14H22N2/c1-10-6-11(2)14(12(3)7-10)8-13-9-15-4-5-16-13/h6-7,13,15-16H,4-5,8-9H2,1-3H3/p+2/t13-/m0/s1. The fourth-order valence-electron chi connectivity index (χ4n) is 2.84. The van der Waals surface area contributed by atoms with Gasteiger partial charge in [0.1, 0.15) is 25.7 Å². The first-order valence-electron chi connectivity index (χ1n) is 6.38. The van der Waals surface area contributed by atoms with E-state index in [2.05, 4.69) is 43.5 Å². The van der Waals surface area contributed by atoms with Crippen molar-refractivity contribution in [2.45, 2.75) is 33.2 Å². The van der Waals surface area contributed by atoms with E-state index in [1.54, 1.807) is 5.56 Å². The lowest BCUT2D eigenvalue weighted by molar-refractivity contribution is -0.810. The van der Waals surface area contributed by atoms with E-state index in [-0.39, 0.29) is 0 Å². The van der Waals surface area contributed by atoms with Crippen LogP contribution in [-0.2, 0) is 6.42 Å². The van der Waals surface area contributed by atoms with Crippen molar-refractivity contribution >= 4 is 0 Å². The third kappa shape index (κ3) is 2.63. The minimum atomic E-state index is 0.772. The van der Waals surface area contributed by atoms with Gasteiger partial charge in [-0.25, -0.2) is 0 Å². The van der Waals surface area contributed by atoms with E-state index in [9.17, 15) is 0 Å². The van der Waals surface area contributed by atoms with E-state index < -0.39 is 0 Å². The summed E-state index contributed by atoms with van der Waals surface area (Å²) >= 11 is 0. The van der Waals surface area contributed by atoms with Gasteiger partial charge in [0, 0.05) is 6.42 Å². The lowest BCUT2D eigenvalue weighted by atomic mass is 9.94. The highest BCUT2D eigenvalue weighted by atomic mass is 15.0. The van der Waals surface area contributed by atoms with Crippen molar-refractivity contribution < 1.29 is 10.6 Å². The average Bonchev–Trinajstić information content (AvgIpc) is 2.25. The maximum atomic E-state index is 2.51. The fourth-order valence-corrected chi connectivity index (χ4v) is 2.84. The molecule has 0 bridgehead atoms. The van der Waals surface area contributed by atoms with Gasteiger partial charge in [0.2, 0.25) is 0 Å². The third-order valence-corrected chi connectivity index (χ3v) is 3.65. The maximum Gasteiger partial charge on any atom is 0.140 e. The molecular weight excluding hydrogens is 196 g/mol. The van der Waals surface area contributed by atoms with Crippen LogP contribution in [0.25, 0.3) is 0 Å². The molecule has 0 amide bonds. The number of hydrogen-bond donors (Lipinski definition) is 2. The molecule has 2 nitrogen and oxygen atoms in total. The highest BCUT2D eigenvalue weighted by molar-refractivity contribution is 5.37. The van der Waals surface area contributed by atoms with E-state index in [0.29, 0.717) is 0 Å². The summed E-state index contributed by atoms with van der Waals surface area (Å²) in [5.74, 6) is 0. The van der Waals surface area contributed by atoms with Crippen LogP contribution < -0.4 is 10.6 Å². The Morgan fingerprint density at radius 2 is 1.81 bits per heavy atom. The molecule has 1 saturated heterocycles. The highest BCUT2D eigenvalue weighted by Crippen LogP contribution is 2.17. The number of aryl methyl sites for hydroxylation is 3. The zero-order valence-electron chi connectivity index (χ0n) is 10.7. The van der Waals surface area contributed by atoms with Crippen LogP contribution in [0.4, 0.5) is 0 Å². The van der Waals surface area contributed by atoms with E-state index in [1.165, 1.54) is 42.7 Å². The first kappa shape index (κ1) is 11.6. The summed E-state index contributed by atoms with van der Waals surface area (Å²) in [6.07, 6.45) is 1.23. The first-order valence-corrected chi connectivity index (χ1v) is 6.38. The van der Waals surface area contributed by atoms with Gasteiger partial charge < -0.3 is 10.6 Å². The summed E-state index contributed by atoms with van der Waals surface area (Å²) in [6.45, 7) is 10.5. The van der Waals surface area contributed by atoms with E-state index >= 15 is 0 Å². The van der Waals surface area contributed by atoms with Gasteiger partial charge >= 0.3 is 0 Å². The quantitative estimate of drug-likeness (QED) is 0.684. The van der Waals surface area contributed by atoms with Crippen LogP contribution in [-0.4, -0.2) is 25.7 Å². The van der Waals surface area contributed by atoms with Crippen molar-refractivity contribution in [1.29, 1.82) is 0 Å². The minimum absolute atomic E-state index is 0.772. The molecule has 0 aliphatic carbocycles. The monoisotopic (exact) mass is 220 g/mol. The fraction of sp³-hybridized carbons (Fsp3) is 0.571. The molecule has 0 spiro atoms. The molecule has 1 aromatic rings. The Hall–Kier alpha value is -0.860.